The average molecular weight is 330 g/mol. The first-order valence-corrected chi connectivity index (χ1v) is 9.40. The van der Waals surface area contributed by atoms with Gasteiger partial charge in [-0.1, -0.05) is 12.8 Å². The van der Waals surface area contributed by atoms with Gasteiger partial charge in [0.05, 0.1) is 5.92 Å². The second kappa shape index (κ2) is 8.47. The number of nitrogens with one attached hydrogen (secondary N) is 2. The molecule has 2 N–H and O–H groups in total. The van der Waals surface area contributed by atoms with E-state index in [4.69, 9.17) is 0 Å². The van der Waals surface area contributed by atoms with Gasteiger partial charge in [-0.25, -0.2) is 0 Å². The molecule has 24 heavy (non-hydrogen) atoms. The highest BCUT2D eigenvalue weighted by atomic mass is 16.1. The molecule has 1 saturated heterocycles. The summed E-state index contributed by atoms with van der Waals surface area (Å²) in [5, 5.41) is 6.47. The third-order valence-corrected chi connectivity index (χ3v) is 5.42. The third kappa shape index (κ3) is 4.47. The molecule has 0 spiro atoms. The van der Waals surface area contributed by atoms with E-state index in [1.807, 2.05) is 19.2 Å². The SMILES string of the molecule is Cc1cnccc1NCCNC(=O)[C@@H]1CCCN(C2CCCC2)C1. The number of likely N-dealkylation sites (tertiary alicyclic amines) is 1. The van der Waals surface area contributed by atoms with Crippen molar-refractivity contribution in [3.8, 4) is 0 Å². The van der Waals surface area contributed by atoms with Gasteiger partial charge >= 0.3 is 0 Å². The van der Waals surface area contributed by atoms with E-state index in [1.165, 1.54) is 32.2 Å². The van der Waals surface area contributed by atoms with Crippen LogP contribution in [0.15, 0.2) is 18.5 Å². The van der Waals surface area contributed by atoms with Crippen molar-refractivity contribution >= 4 is 11.6 Å². The summed E-state index contributed by atoms with van der Waals surface area (Å²) in [4.78, 5) is 19.1. The molecule has 0 unspecified atom stereocenters. The Hall–Kier alpha value is -1.62. The van der Waals surface area contributed by atoms with Crippen molar-refractivity contribution in [2.24, 2.45) is 5.92 Å². The molecule has 2 fully saturated rings. The molecule has 3 rings (SSSR count). The van der Waals surface area contributed by atoms with Crippen LogP contribution in [0, 0.1) is 12.8 Å². The Labute approximate surface area is 145 Å². The fourth-order valence-corrected chi connectivity index (χ4v) is 4.02. The van der Waals surface area contributed by atoms with Gasteiger partial charge in [0, 0.05) is 43.8 Å². The van der Waals surface area contributed by atoms with Crippen LogP contribution in [0.1, 0.15) is 44.1 Å². The average Bonchev–Trinajstić information content (AvgIpc) is 3.15. The summed E-state index contributed by atoms with van der Waals surface area (Å²) in [6.07, 6.45) is 11.2. The molecule has 2 heterocycles. The van der Waals surface area contributed by atoms with Crippen molar-refractivity contribution in [1.29, 1.82) is 0 Å². The monoisotopic (exact) mass is 330 g/mol. The number of hydrogen-bond acceptors (Lipinski definition) is 4. The summed E-state index contributed by atoms with van der Waals surface area (Å²) < 4.78 is 0. The second-order valence-corrected chi connectivity index (χ2v) is 7.18. The first-order chi connectivity index (χ1) is 11.7. The van der Waals surface area contributed by atoms with Gasteiger partial charge in [-0.05, 0) is 50.8 Å². The number of rotatable bonds is 6. The van der Waals surface area contributed by atoms with Crippen LogP contribution in [0.3, 0.4) is 0 Å². The number of amides is 1. The molecule has 1 saturated carbocycles. The number of hydrogen-bond donors (Lipinski definition) is 2. The number of aryl methyl sites for hydroxylation is 1. The Kier molecular flexibility index (Phi) is 6.07. The van der Waals surface area contributed by atoms with Gasteiger partial charge in [0.1, 0.15) is 0 Å². The van der Waals surface area contributed by atoms with Gasteiger partial charge in [0.2, 0.25) is 5.91 Å². The van der Waals surface area contributed by atoms with E-state index in [0.717, 1.165) is 43.2 Å². The van der Waals surface area contributed by atoms with Gasteiger partial charge < -0.3 is 10.6 Å². The quantitative estimate of drug-likeness (QED) is 0.787. The van der Waals surface area contributed by atoms with Crippen molar-refractivity contribution in [3.63, 3.8) is 0 Å². The number of aromatic nitrogens is 1. The van der Waals surface area contributed by atoms with Gasteiger partial charge in [0.25, 0.3) is 0 Å². The zero-order chi connectivity index (χ0) is 16.8. The van der Waals surface area contributed by atoms with E-state index >= 15 is 0 Å². The maximum Gasteiger partial charge on any atom is 0.224 e. The summed E-state index contributed by atoms with van der Waals surface area (Å²) in [6.45, 7) is 5.58. The van der Waals surface area contributed by atoms with Gasteiger partial charge in [0.15, 0.2) is 0 Å². The number of pyridine rings is 1. The molecule has 0 radical (unpaired) electrons. The van der Waals surface area contributed by atoms with Crippen molar-refractivity contribution in [2.45, 2.75) is 51.5 Å². The fraction of sp³-hybridized carbons (Fsp3) is 0.684. The molecule has 2 aliphatic rings. The molecule has 1 amide bonds. The molecule has 1 aliphatic heterocycles. The first kappa shape index (κ1) is 17.2. The molecule has 5 nitrogen and oxygen atoms in total. The van der Waals surface area contributed by atoms with E-state index in [-0.39, 0.29) is 11.8 Å². The molecular weight excluding hydrogens is 300 g/mol. The van der Waals surface area contributed by atoms with Gasteiger partial charge in [-0.2, -0.15) is 0 Å². The summed E-state index contributed by atoms with van der Waals surface area (Å²) in [5.74, 6) is 0.396. The largest absolute Gasteiger partial charge is 0.383 e. The number of carbonyl (C=O) groups is 1. The van der Waals surface area contributed by atoms with Crippen molar-refractivity contribution in [3.05, 3.63) is 24.0 Å². The Morgan fingerprint density at radius 2 is 2.08 bits per heavy atom. The molecule has 5 heteroatoms. The number of carbonyl (C=O) groups excluding carboxylic acids is 1. The Morgan fingerprint density at radius 3 is 2.88 bits per heavy atom. The van der Waals surface area contributed by atoms with Crippen molar-refractivity contribution in [1.82, 2.24) is 15.2 Å². The summed E-state index contributed by atoms with van der Waals surface area (Å²) in [5.41, 5.74) is 2.22. The number of anilines is 1. The minimum absolute atomic E-state index is 0.169. The van der Waals surface area contributed by atoms with Crippen LogP contribution < -0.4 is 10.6 Å². The normalized spacial score (nSPS) is 22.5. The van der Waals surface area contributed by atoms with Crippen LogP contribution in [-0.4, -0.2) is 48.0 Å². The minimum Gasteiger partial charge on any atom is -0.383 e. The van der Waals surface area contributed by atoms with Crippen LogP contribution in [0.5, 0.6) is 0 Å². The van der Waals surface area contributed by atoms with Gasteiger partial charge in [-0.15, -0.1) is 0 Å². The summed E-state index contributed by atoms with van der Waals surface area (Å²) in [6, 6.07) is 2.70. The lowest BCUT2D eigenvalue weighted by Gasteiger charge is -2.36. The maximum atomic E-state index is 12.5. The highest BCUT2D eigenvalue weighted by molar-refractivity contribution is 5.79. The number of nitrogens with zero attached hydrogens (tertiary/aromatic N) is 2. The van der Waals surface area contributed by atoms with Crippen LogP contribution in [0.4, 0.5) is 5.69 Å². The lowest BCUT2D eigenvalue weighted by Crippen LogP contribution is -2.47. The number of piperidine rings is 1. The molecule has 132 valence electrons. The standard InChI is InChI=1S/C19H30N4O/c1-15-13-20-9-8-18(15)21-10-11-22-19(24)16-5-4-12-23(14-16)17-6-2-3-7-17/h8-9,13,16-17H,2-7,10-12,14H2,1H3,(H,20,21)(H,22,24)/t16-/m1/s1. The Balaban J connectivity index is 1.39. The van der Waals surface area contributed by atoms with E-state index in [0.29, 0.717) is 6.54 Å². The Morgan fingerprint density at radius 1 is 1.25 bits per heavy atom. The highest BCUT2D eigenvalue weighted by Crippen LogP contribution is 2.27. The van der Waals surface area contributed by atoms with Crippen molar-refractivity contribution < 1.29 is 4.79 Å². The molecule has 0 aromatic carbocycles. The smallest absolute Gasteiger partial charge is 0.224 e. The topological polar surface area (TPSA) is 57.3 Å². The molecule has 1 aromatic rings. The van der Waals surface area contributed by atoms with Crippen LogP contribution in [-0.2, 0) is 4.79 Å². The van der Waals surface area contributed by atoms with Crippen LogP contribution in [0.2, 0.25) is 0 Å². The van der Waals surface area contributed by atoms with E-state index in [9.17, 15) is 4.79 Å². The summed E-state index contributed by atoms with van der Waals surface area (Å²) in [7, 11) is 0. The lowest BCUT2D eigenvalue weighted by molar-refractivity contribution is -0.126. The minimum atomic E-state index is 0.169. The Bertz CT molecular complexity index is 542. The predicted octanol–water partition coefficient (Wildman–Crippen LogP) is 2.57. The molecule has 1 aliphatic carbocycles. The predicted molar refractivity (Wildman–Crippen MR) is 97.0 cm³/mol. The van der Waals surface area contributed by atoms with Crippen LogP contribution >= 0.6 is 0 Å². The van der Waals surface area contributed by atoms with E-state index in [1.54, 1.807) is 6.20 Å². The first-order valence-electron chi connectivity index (χ1n) is 9.40. The summed E-state index contributed by atoms with van der Waals surface area (Å²) >= 11 is 0. The molecule has 0 bridgehead atoms. The van der Waals surface area contributed by atoms with E-state index in [2.05, 4.69) is 20.5 Å². The fourth-order valence-electron chi connectivity index (χ4n) is 4.02. The molecular formula is C19H30N4O. The van der Waals surface area contributed by atoms with Crippen molar-refractivity contribution in [2.75, 3.05) is 31.5 Å². The van der Waals surface area contributed by atoms with Gasteiger partial charge in [-0.3, -0.25) is 14.7 Å². The molecule has 1 atom stereocenters. The van der Waals surface area contributed by atoms with E-state index < -0.39 is 0 Å². The zero-order valence-corrected chi connectivity index (χ0v) is 14.8. The lowest BCUT2D eigenvalue weighted by atomic mass is 9.95. The van der Waals surface area contributed by atoms with Crippen LogP contribution in [0.25, 0.3) is 0 Å². The highest BCUT2D eigenvalue weighted by Gasteiger charge is 2.30. The molecule has 1 aromatic heterocycles. The third-order valence-electron chi connectivity index (χ3n) is 5.42. The zero-order valence-electron chi connectivity index (χ0n) is 14.8. The maximum absolute atomic E-state index is 12.5. The second-order valence-electron chi connectivity index (χ2n) is 7.18.